The molecule has 1 aromatic rings. The zero-order valence-corrected chi connectivity index (χ0v) is 11.2. The predicted octanol–water partition coefficient (Wildman–Crippen LogP) is 2.62. The summed E-state index contributed by atoms with van der Waals surface area (Å²) in [7, 11) is 3.74. The third-order valence-electron chi connectivity index (χ3n) is 2.47. The molecule has 0 radical (unpaired) electrons. The molecular formula is C11H17BrN2O. The third-order valence-corrected chi connectivity index (χ3v) is 3.45. The predicted molar refractivity (Wildman–Crippen MR) is 66.4 cm³/mol. The van der Waals surface area contributed by atoms with Crippen molar-refractivity contribution in [3.05, 3.63) is 22.3 Å². The van der Waals surface area contributed by atoms with E-state index in [0.717, 1.165) is 10.3 Å². The molecule has 1 unspecified atom stereocenters. The Kier molecular flexibility index (Phi) is 4.54. The zero-order chi connectivity index (χ0) is 11.4. The lowest BCUT2D eigenvalue weighted by atomic mass is 10.2. The topological polar surface area (TPSA) is 25.4 Å². The fourth-order valence-corrected chi connectivity index (χ4v) is 1.85. The van der Waals surface area contributed by atoms with E-state index in [0.29, 0.717) is 12.6 Å². The molecule has 1 heterocycles. The van der Waals surface area contributed by atoms with Crippen LogP contribution in [0.25, 0.3) is 0 Å². The molecule has 0 N–H and O–H groups in total. The monoisotopic (exact) mass is 272 g/mol. The van der Waals surface area contributed by atoms with Gasteiger partial charge in [0.15, 0.2) is 0 Å². The van der Waals surface area contributed by atoms with Crippen molar-refractivity contribution in [2.24, 2.45) is 0 Å². The SMILES string of the molecule is COCC(C)N(C)c1nccc(C)c1Br. The van der Waals surface area contributed by atoms with Gasteiger partial charge in [-0.15, -0.1) is 0 Å². The fourth-order valence-electron chi connectivity index (χ4n) is 1.33. The second kappa shape index (κ2) is 5.47. The lowest BCUT2D eigenvalue weighted by Crippen LogP contribution is -2.33. The smallest absolute Gasteiger partial charge is 0.143 e. The summed E-state index contributed by atoms with van der Waals surface area (Å²) in [6.45, 7) is 4.86. The highest BCUT2D eigenvalue weighted by molar-refractivity contribution is 9.10. The molecule has 0 aromatic carbocycles. The standard InChI is InChI=1S/C11H17BrN2O/c1-8-5-6-13-11(10(8)12)14(3)9(2)7-15-4/h5-6,9H,7H2,1-4H3. The number of anilines is 1. The van der Waals surface area contributed by atoms with Gasteiger partial charge in [-0.2, -0.15) is 0 Å². The van der Waals surface area contributed by atoms with E-state index in [2.05, 4.69) is 39.7 Å². The first kappa shape index (κ1) is 12.5. The van der Waals surface area contributed by atoms with E-state index >= 15 is 0 Å². The second-order valence-corrected chi connectivity index (χ2v) is 4.47. The summed E-state index contributed by atoms with van der Waals surface area (Å²) in [6, 6.07) is 2.29. The second-order valence-electron chi connectivity index (χ2n) is 3.68. The van der Waals surface area contributed by atoms with Gasteiger partial charge >= 0.3 is 0 Å². The number of aryl methyl sites for hydroxylation is 1. The Hall–Kier alpha value is -0.610. The third kappa shape index (κ3) is 2.92. The molecule has 0 aliphatic carbocycles. The molecule has 0 spiro atoms. The summed E-state index contributed by atoms with van der Waals surface area (Å²) in [5, 5.41) is 0. The Labute approximate surface area is 99.6 Å². The molecule has 0 aliphatic heterocycles. The van der Waals surface area contributed by atoms with Gasteiger partial charge in [-0.3, -0.25) is 0 Å². The maximum atomic E-state index is 5.13. The summed E-state index contributed by atoms with van der Waals surface area (Å²) in [6.07, 6.45) is 1.82. The average Bonchev–Trinajstić information content (AvgIpc) is 2.21. The van der Waals surface area contributed by atoms with Crippen LogP contribution in [0.5, 0.6) is 0 Å². The van der Waals surface area contributed by atoms with Crippen LogP contribution >= 0.6 is 15.9 Å². The number of halogens is 1. The molecule has 84 valence electrons. The molecular weight excluding hydrogens is 256 g/mol. The van der Waals surface area contributed by atoms with E-state index in [-0.39, 0.29) is 0 Å². The maximum absolute atomic E-state index is 5.13. The highest BCUT2D eigenvalue weighted by Gasteiger charge is 2.14. The normalized spacial score (nSPS) is 12.6. The molecule has 15 heavy (non-hydrogen) atoms. The molecule has 1 aromatic heterocycles. The number of ether oxygens (including phenoxy) is 1. The highest BCUT2D eigenvalue weighted by atomic mass is 79.9. The van der Waals surface area contributed by atoms with Crippen molar-refractivity contribution in [2.45, 2.75) is 19.9 Å². The van der Waals surface area contributed by atoms with Crippen LogP contribution in [0.4, 0.5) is 5.82 Å². The molecule has 0 bridgehead atoms. The van der Waals surface area contributed by atoms with E-state index in [1.165, 1.54) is 5.56 Å². The zero-order valence-electron chi connectivity index (χ0n) is 9.62. The van der Waals surface area contributed by atoms with Gasteiger partial charge in [-0.25, -0.2) is 4.98 Å². The lowest BCUT2D eigenvalue weighted by molar-refractivity contribution is 0.183. The number of nitrogens with zero attached hydrogens (tertiary/aromatic N) is 2. The van der Waals surface area contributed by atoms with Crippen LogP contribution in [0.3, 0.4) is 0 Å². The fraction of sp³-hybridized carbons (Fsp3) is 0.545. The minimum absolute atomic E-state index is 0.306. The number of hydrogen-bond acceptors (Lipinski definition) is 3. The van der Waals surface area contributed by atoms with Crippen molar-refractivity contribution < 1.29 is 4.74 Å². The van der Waals surface area contributed by atoms with E-state index in [4.69, 9.17) is 4.74 Å². The molecule has 0 aliphatic rings. The summed E-state index contributed by atoms with van der Waals surface area (Å²) in [4.78, 5) is 6.48. The highest BCUT2D eigenvalue weighted by Crippen LogP contribution is 2.26. The Balaban J connectivity index is 2.90. The first-order valence-electron chi connectivity index (χ1n) is 4.90. The van der Waals surface area contributed by atoms with Gasteiger partial charge in [0.05, 0.1) is 17.1 Å². The van der Waals surface area contributed by atoms with Gasteiger partial charge in [0.2, 0.25) is 0 Å². The summed E-state index contributed by atoms with van der Waals surface area (Å²) in [5.41, 5.74) is 1.19. The molecule has 1 rings (SSSR count). The molecule has 3 nitrogen and oxygen atoms in total. The minimum atomic E-state index is 0.306. The van der Waals surface area contributed by atoms with Gasteiger partial charge in [-0.05, 0) is 41.4 Å². The Bertz CT molecular complexity index is 330. The van der Waals surface area contributed by atoms with E-state index < -0.39 is 0 Å². The van der Waals surface area contributed by atoms with E-state index in [9.17, 15) is 0 Å². The Morgan fingerprint density at radius 3 is 2.87 bits per heavy atom. The van der Waals surface area contributed by atoms with Crippen LogP contribution < -0.4 is 4.90 Å². The summed E-state index contributed by atoms with van der Waals surface area (Å²) >= 11 is 3.56. The first-order valence-corrected chi connectivity index (χ1v) is 5.70. The Morgan fingerprint density at radius 2 is 2.27 bits per heavy atom. The lowest BCUT2D eigenvalue weighted by Gasteiger charge is -2.26. The van der Waals surface area contributed by atoms with Crippen molar-refractivity contribution in [3.8, 4) is 0 Å². The van der Waals surface area contributed by atoms with Crippen molar-refractivity contribution in [2.75, 3.05) is 25.7 Å². The van der Waals surface area contributed by atoms with Crippen molar-refractivity contribution >= 4 is 21.7 Å². The molecule has 0 saturated carbocycles. The van der Waals surface area contributed by atoms with Crippen molar-refractivity contribution in [1.82, 2.24) is 4.98 Å². The van der Waals surface area contributed by atoms with Crippen LogP contribution in [-0.4, -0.2) is 31.8 Å². The number of methoxy groups -OCH3 is 1. The average molecular weight is 273 g/mol. The van der Waals surface area contributed by atoms with Crippen LogP contribution in [0, 0.1) is 6.92 Å². The Morgan fingerprint density at radius 1 is 1.60 bits per heavy atom. The van der Waals surface area contributed by atoms with E-state index in [1.54, 1.807) is 7.11 Å². The quantitative estimate of drug-likeness (QED) is 0.843. The minimum Gasteiger partial charge on any atom is -0.383 e. The van der Waals surface area contributed by atoms with Crippen LogP contribution in [0.1, 0.15) is 12.5 Å². The first-order chi connectivity index (χ1) is 7.07. The largest absolute Gasteiger partial charge is 0.383 e. The van der Waals surface area contributed by atoms with E-state index in [1.807, 2.05) is 19.3 Å². The number of hydrogen-bond donors (Lipinski definition) is 0. The number of likely N-dealkylation sites (N-methyl/N-ethyl adjacent to an activating group) is 1. The number of rotatable bonds is 4. The molecule has 4 heteroatoms. The van der Waals surface area contributed by atoms with Gasteiger partial charge in [0, 0.05) is 20.4 Å². The van der Waals surface area contributed by atoms with Gasteiger partial charge in [0.1, 0.15) is 5.82 Å². The van der Waals surface area contributed by atoms with Crippen molar-refractivity contribution in [1.29, 1.82) is 0 Å². The van der Waals surface area contributed by atoms with Gasteiger partial charge in [0.25, 0.3) is 0 Å². The van der Waals surface area contributed by atoms with Gasteiger partial charge < -0.3 is 9.64 Å². The maximum Gasteiger partial charge on any atom is 0.143 e. The van der Waals surface area contributed by atoms with Gasteiger partial charge in [-0.1, -0.05) is 0 Å². The van der Waals surface area contributed by atoms with Crippen LogP contribution in [0.15, 0.2) is 16.7 Å². The van der Waals surface area contributed by atoms with Crippen LogP contribution in [0.2, 0.25) is 0 Å². The molecule has 0 fully saturated rings. The summed E-state index contributed by atoms with van der Waals surface area (Å²) in [5.74, 6) is 0.958. The summed E-state index contributed by atoms with van der Waals surface area (Å²) < 4.78 is 6.18. The molecule has 0 saturated heterocycles. The van der Waals surface area contributed by atoms with Crippen molar-refractivity contribution in [3.63, 3.8) is 0 Å². The number of pyridine rings is 1. The number of aromatic nitrogens is 1. The van der Waals surface area contributed by atoms with Crippen LogP contribution in [-0.2, 0) is 4.74 Å². The molecule has 0 amide bonds. The molecule has 1 atom stereocenters.